The first-order chi connectivity index (χ1) is 12.4. The SMILES string of the molecule is CCN1C(=O)CCc2cc(NC(=O)c3cccc([N+](=O)[O-])c3C)ccc21. The first kappa shape index (κ1) is 17.6. The van der Waals surface area contributed by atoms with Gasteiger partial charge in [0.2, 0.25) is 5.91 Å². The monoisotopic (exact) mass is 353 g/mol. The fourth-order valence-electron chi connectivity index (χ4n) is 3.25. The molecule has 0 saturated carbocycles. The molecule has 0 radical (unpaired) electrons. The first-order valence-electron chi connectivity index (χ1n) is 8.41. The van der Waals surface area contributed by atoms with Crippen molar-refractivity contribution >= 4 is 28.9 Å². The minimum Gasteiger partial charge on any atom is -0.322 e. The number of carbonyl (C=O) groups is 2. The smallest absolute Gasteiger partial charge is 0.273 e. The molecule has 1 heterocycles. The van der Waals surface area contributed by atoms with E-state index in [1.54, 1.807) is 24.0 Å². The Morgan fingerprint density at radius 3 is 2.73 bits per heavy atom. The molecule has 0 atom stereocenters. The van der Waals surface area contributed by atoms with Crippen LogP contribution in [0.5, 0.6) is 0 Å². The Bertz CT molecular complexity index is 908. The zero-order valence-electron chi connectivity index (χ0n) is 14.6. The van der Waals surface area contributed by atoms with Crippen LogP contribution in [0.15, 0.2) is 36.4 Å². The van der Waals surface area contributed by atoms with Crippen molar-refractivity contribution in [1.29, 1.82) is 0 Å². The molecule has 0 fully saturated rings. The molecule has 26 heavy (non-hydrogen) atoms. The molecule has 1 N–H and O–H groups in total. The summed E-state index contributed by atoms with van der Waals surface area (Å²) >= 11 is 0. The van der Waals surface area contributed by atoms with Crippen molar-refractivity contribution in [3.63, 3.8) is 0 Å². The van der Waals surface area contributed by atoms with Gasteiger partial charge in [-0.1, -0.05) is 6.07 Å². The summed E-state index contributed by atoms with van der Waals surface area (Å²) in [7, 11) is 0. The number of nitrogens with zero attached hydrogens (tertiary/aromatic N) is 2. The van der Waals surface area contributed by atoms with E-state index in [1.165, 1.54) is 12.1 Å². The van der Waals surface area contributed by atoms with E-state index in [4.69, 9.17) is 0 Å². The number of amides is 2. The Hall–Kier alpha value is -3.22. The minimum absolute atomic E-state index is 0.0832. The quantitative estimate of drug-likeness (QED) is 0.673. The minimum atomic E-state index is -0.499. The van der Waals surface area contributed by atoms with Crippen LogP contribution in [0.4, 0.5) is 17.1 Å². The molecule has 2 aromatic rings. The van der Waals surface area contributed by atoms with Gasteiger partial charge in [0.05, 0.1) is 4.92 Å². The van der Waals surface area contributed by atoms with Gasteiger partial charge in [-0.15, -0.1) is 0 Å². The maximum atomic E-state index is 12.6. The van der Waals surface area contributed by atoms with Gasteiger partial charge in [0.1, 0.15) is 0 Å². The summed E-state index contributed by atoms with van der Waals surface area (Å²) in [5.74, 6) is -0.297. The zero-order chi connectivity index (χ0) is 18.8. The molecule has 0 bridgehead atoms. The number of nitrogens with one attached hydrogen (secondary N) is 1. The molecule has 0 spiro atoms. The summed E-state index contributed by atoms with van der Waals surface area (Å²) in [6.45, 7) is 4.09. The molecule has 134 valence electrons. The van der Waals surface area contributed by atoms with Crippen LogP contribution in [-0.2, 0) is 11.2 Å². The molecule has 7 nitrogen and oxygen atoms in total. The van der Waals surface area contributed by atoms with Crippen LogP contribution in [-0.4, -0.2) is 23.3 Å². The second-order valence-electron chi connectivity index (χ2n) is 6.14. The highest BCUT2D eigenvalue weighted by Gasteiger charge is 2.23. The average Bonchev–Trinajstić information content (AvgIpc) is 2.61. The van der Waals surface area contributed by atoms with E-state index in [9.17, 15) is 19.7 Å². The summed E-state index contributed by atoms with van der Waals surface area (Å²) < 4.78 is 0. The molecule has 2 aromatic carbocycles. The predicted molar refractivity (Wildman–Crippen MR) is 98.6 cm³/mol. The molecule has 1 aliphatic heterocycles. The van der Waals surface area contributed by atoms with Crippen LogP contribution in [0, 0.1) is 17.0 Å². The number of hydrogen-bond donors (Lipinski definition) is 1. The number of hydrogen-bond acceptors (Lipinski definition) is 4. The summed E-state index contributed by atoms with van der Waals surface area (Å²) in [4.78, 5) is 36.8. The molecule has 7 heteroatoms. The van der Waals surface area contributed by atoms with Gasteiger partial charge < -0.3 is 10.2 Å². The maximum absolute atomic E-state index is 12.6. The van der Waals surface area contributed by atoms with Crippen molar-refractivity contribution in [3.05, 3.63) is 63.2 Å². The number of aryl methyl sites for hydroxylation is 1. The second kappa shape index (κ2) is 6.95. The van der Waals surface area contributed by atoms with Crippen molar-refractivity contribution < 1.29 is 14.5 Å². The normalized spacial score (nSPS) is 13.3. The Morgan fingerprint density at radius 1 is 1.27 bits per heavy atom. The molecule has 0 aromatic heterocycles. The molecule has 0 aliphatic carbocycles. The topological polar surface area (TPSA) is 92.6 Å². The standard InChI is InChI=1S/C19H19N3O4/c1-3-21-17-9-8-14(11-13(17)7-10-18(21)23)20-19(24)15-5-4-6-16(12(15)2)22(25)26/h4-6,8-9,11H,3,7,10H2,1-2H3,(H,20,24). The van der Waals surface area contributed by atoms with Gasteiger partial charge in [-0.05, 0) is 50.1 Å². The van der Waals surface area contributed by atoms with Crippen LogP contribution in [0.25, 0.3) is 0 Å². The Kier molecular flexibility index (Phi) is 4.71. The number of carbonyl (C=O) groups excluding carboxylic acids is 2. The molecule has 0 saturated heterocycles. The largest absolute Gasteiger partial charge is 0.322 e. The fraction of sp³-hybridized carbons (Fsp3) is 0.263. The van der Waals surface area contributed by atoms with E-state index >= 15 is 0 Å². The summed E-state index contributed by atoms with van der Waals surface area (Å²) in [6.07, 6.45) is 1.08. The van der Waals surface area contributed by atoms with E-state index in [2.05, 4.69) is 5.32 Å². The van der Waals surface area contributed by atoms with Gasteiger partial charge in [-0.25, -0.2) is 0 Å². The summed E-state index contributed by atoms with van der Waals surface area (Å²) in [5.41, 5.74) is 2.98. The van der Waals surface area contributed by atoms with Gasteiger partial charge in [-0.3, -0.25) is 19.7 Å². The third-order valence-electron chi connectivity index (χ3n) is 4.60. The average molecular weight is 353 g/mol. The number of nitro benzene ring substituents is 1. The van der Waals surface area contributed by atoms with Crippen LogP contribution in [0.2, 0.25) is 0 Å². The molecular weight excluding hydrogens is 334 g/mol. The Labute approximate surface area is 150 Å². The number of rotatable bonds is 4. The van der Waals surface area contributed by atoms with Crippen molar-refractivity contribution in [2.24, 2.45) is 0 Å². The summed E-state index contributed by atoms with van der Waals surface area (Å²) in [5, 5.41) is 13.8. The highest BCUT2D eigenvalue weighted by Crippen LogP contribution is 2.30. The van der Waals surface area contributed by atoms with Crippen LogP contribution in [0.1, 0.15) is 34.8 Å². The predicted octanol–water partition coefficient (Wildman–Crippen LogP) is 3.45. The third kappa shape index (κ3) is 3.15. The number of nitro groups is 1. The molecule has 0 unspecified atom stereocenters. The highest BCUT2D eigenvalue weighted by atomic mass is 16.6. The van der Waals surface area contributed by atoms with E-state index in [0.29, 0.717) is 30.6 Å². The first-order valence-corrected chi connectivity index (χ1v) is 8.41. The van der Waals surface area contributed by atoms with Crippen molar-refractivity contribution in [3.8, 4) is 0 Å². The van der Waals surface area contributed by atoms with Gasteiger partial charge in [0, 0.05) is 41.5 Å². The molecular formula is C19H19N3O4. The highest BCUT2D eigenvalue weighted by molar-refractivity contribution is 6.06. The van der Waals surface area contributed by atoms with Crippen molar-refractivity contribution in [1.82, 2.24) is 0 Å². The van der Waals surface area contributed by atoms with Crippen molar-refractivity contribution in [2.45, 2.75) is 26.7 Å². The lowest BCUT2D eigenvalue weighted by Crippen LogP contribution is -2.34. The zero-order valence-corrected chi connectivity index (χ0v) is 14.6. The lowest BCUT2D eigenvalue weighted by Gasteiger charge is -2.28. The van der Waals surface area contributed by atoms with Gasteiger partial charge in [0.15, 0.2) is 0 Å². The van der Waals surface area contributed by atoms with Gasteiger partial charge >= 0.3 is 0 Å². The lowest BCUT2D eigenvalue weighted by molar-refractivity contribution is -0.385. The van der Waals surface area contributed by atoms with E-state index in [1.807, 2.05) is 19.1 Å². The van der Waals surface area contributed by atoms with E-state index in [0.717, 1.165) is 11.3 Å². The molecule has 1 aliphatic rings. The molecule has 2 amide bonds. The van der Waals surface area contributed by atoms with Gasteiger partial charge in [-0.2, -0.15) is 0 Å². The third-order valence-corrected chi connectivity index (χ3v) is 4.60. The van der Waals surface area contributed by atoms with E-state index in [-0.39, 0.29) is 17.2 Å². The number of benzene rings is 2. The Morgan fingerprint density at radius 2 is 2.04 bits per heavy atom. The Balaban J connectivity index is 1.86. The van der Waals surface area contributed by atoms with Crippen LogP contribution in [0.3, 0.4) is 0 Å². The lowest BCUT2D eigenvalue weighted by atomic mass is 10.00. The van der Waals surface area contributed by atoms with Crippen LogP contribution < -0.4 is 10.2 Å². The summed E-state index contributed by atoms with van der Waals surface area (Å²) in [6, 6.07) is 9.86. The maximum Gasteiger partial charge on any atom is 0.273 e. The van der Waals surface area contributed by atoms with Crippen molar-refractivity contribution in [2.75, 3.05) is 16.8 Å². The van der Waals surface area contributed by atoms with Gasteiger partial charge in [0.25, 0.3) is 11.6 Å². The molecule has 3 rings (SSSR count). The number of fused-ring (bicyclic) bond motifs is 1. The van der Waals surface area contributed by atoms with E-state index < -0.39 is 10.8 Å². The number of anilines is 2. The second-order valence-corrected chi connectivity index (χ2v) is 6.14. The van der Waals surface area contributed by atoms with Crippen LogP contribution >= 0.6 is 0 Å². The fourth-order valence-corrected chi connectivity index (χ4v) is 3.25.